The summed E-state index contributed by atoms with van der Waals surface area (Å²) in [5.41, 5.74) is 8.32. The molecule has 0 aliphatic carbocycles. The average Bonchev–Trinajstić information content (AvgIpc) is 2.56. The van der Waals surface area contributed by atoms with Gasteiger partial charge in [0.2, 0.25) is 0 Å². The maximum atomic E-state index is 12.1. The molecule has 2 heterocycles. The summed E-state index contributed by atoms with van der Waals surface area (Å²) in [4.78, 5) is 12.1. The van der Waals surface area contributed by atoms with E-state index in [1.807, 2.05) is 24.6 Å². The van der Waals surface area contributed by atoms with Gasteiger partial charge in [0.15, 0.2) is 0 Å². The Morgan fingerprint density at radius 3 is 2.73 bits per heavy atom. The minimum absolute atomic E-state index is 0.128. The van der Waals surface area contributed by atoms with Crippen molar-refractivity contribution in [1.82, 2.24) is 21.5 Å². The number of hydrogen-bond donors (Lipinski definition) is 5. The summed E-state index contributed by atoms with van der Waals surface area (Å²) in [6.45, 7) is 0.777. The van der Waals surface area contributed by atoms with Crippen LogP contribution in [-0.4, -0.2) is 17.6 Å². The van der Waals surface area contributed by atoms with Crippen molar-refractivity contribution in [3.63, 3.8) is 0 Å². The van der Waals surface area contributed by atoms with Gasteiger partial charge in [0.1, 0.15) is 11.6 Å². The highest BCUT2D eigenvalue weighted by Gasteiger charge is 2.12. The van der Waals surface area contributed by atoms with E-state index in [4.69, 9.17) is 0 Å². The van der Waals surface area contributed by atoms with E-state index in [0.29, 0.717) is 11.4 Å². The van der Waals surface area contributed by atoms with Crippen LogP contribution in [0.2, 0.25) is 0 Å². The van der Waals surface area contributed by atoms with Crippen LogP contribution in [-0.2, 0) is 0 Å². The molecule has 1 aromatic rings. The van der Waals surface area contributed by atoms with E-state index in [-0.39, 0.29) is 11.7 Å². The van der Waals surface area contributed by atoms with Crippen molar-refractivity contribution in [3.05, 3.63) is 77.4 Å². The number of nitrogens with one attached hydrogen (secondary N) is 4. The van der Waals surface area contributed by atoms with E-state index >= 15 is 0 Å². The fraction of sp³-hybridized carbons (Fsp3) is 0.0625. The van der Waals surface area contributed by atoms with Crippen LogP contribution in [0.25, 0.3) is 0 Å². The summed E-state index contributed by atoms with van der Waals surface area (Å²) in [5, 5.41) is 15.1. The second-order valence-electron chi connectivity index (χ2n) is 4.83. The molecule has 0 spiro atoms. The first kappa shape index (κ1) is 13.8. The molecule has 0 saturated carbocycles. The number of hydrazine groups is 1. The Labute approximate surface area is 127 Å². The zero-order valence-corrected chi connectivity index (χ0v) is 11.8. The molecule has 6 heteroatoms. The Morgan fingerprint density at radius 1 is 1.18 bits per heavy atom. The molecule has 0 unspecified atom stereocenters. The van der Waals surface area contributed by atoms with Crippen molar-refractivity contribution in [2.75, 3.05) is 6.54 Å². The quantitative estimate of drug-likeness (QED) is 0.574. The molecule has 2 aliphatic rings. The molecule has 0 radical (unpaired) electrons. The fourth-order valence-electron chi connectivity index (χ4n) is 2.13. The van der Waals surface area contributed by atoms with Gasteiger partial charge in [0.25, 0.3) is 5.91 Å². The number of aromatic hydroxyl groups is 1. The van der Waals surface area contributed by atoms with Gasteiger partial charge in [-0.3, -0.25) is 10.2 Å². The molecule has 3 rings (SSSR count). The number of carbonyl (C=O) groups excluding carboxylic acids is 1. The smallest absolute Gasteiger partial charge is 0.256 e. The number of allylic oxidation sites excluding steroid dienone is 4. The molecule has 0 saturated heterocycles. The van der Waals surface area contributed by atoms with E-state index in [0.717, 1.165) is 17.7 Å². The van der Waals surface area contributed by atoms with E-state index < -0.39 is 0 Å². The van der Waals surface area contributed by atoms with Gasteiger partial charge in [0.05, 0.1) is 0 Å². The number of carbonyl (C=O) groups is 1. The first-order chi connectivity index (χ1) is 10.7. The van der Waals surface area contributed by atoms with Gasteiger partial charge in [-0.25, -0.2) is 0 Å². The SMILES string of the molecule is O=C(NC1=CC(C2=CCNC=C2)=CNN1)c1ccc(O)cc1. The van der Waals surface area contributed by atoms with Crippen molar-refractivity contribution < 1.29 is 9.90 Å². The first-order valence-corrected chi connectivity index (χ1v) is 6.86. The average molecular weight is 296 g/mol. The number of dihydropyridines is 1. The topological polar surface area (TPSA) is 85.4 Å². The Bertz CT molecular complexity index is 699. The van der Waals surface area contributed by atoms with E-state index in [9.17, 15) is 9.90 Å². The van der Waals surface area contributed by atoms with Gasteiger partial charge in [-0.15, -0.1) is 0 Å². The van der Waals surface area contributed by atoms with Crippen molar-refractivity contribution in [3.8, 4) is 5.75 Å². The molecule has 1 amide bonds. The maximum absolute atomic E-state index is 12.1. The van der Waals surface area contributed by atoms with Gasteiger partial charge in [0, 0.05) is 23.9 Å². The number of rotatable bonds is 3. The van der Waals surface area contributed by atoms with Crippen LogP contribution in [0.3, 0.4) is 0 Å². The molecule has 5 N–H and O–H groups in total. The minimum atomic E-state index is -0.253. The lowest BCUT2D eigenvalue weighted by molar-refractivity contribution is 0.0962. The molecule has 6 nitrogen and oxygen atoms in total. The number of phenols is 1. The van der Waals surface area contributed by atoms with E-state index in [1.165, 1.54) is 12.1 Å². The summed E-state index contributed by atoms with van der Waals surface area (Å²) >= 11 is 0. The predicted molar refractivity (Wildman–Crippen MR) is 83.2 cm³/mol. The summed E-state index contributed by atoms with van der Waals surface area (Å²) < 4.78 is 0. The lowest BCUT2D eigenvalue weighted by Crippen LogP contribution is -2.39. The van der Waals surface area contributed by atoms with Crippen molar-refractivity contribution >= 4 is 5.91 Å². The molecule has 0 aromatic heterocycles. The zero-order chi connectivity index (χ0) is 15.4. The third kappa shape index (κ3) is 3.12. The van der Waals surface area contributed by atoms with Crippen LogP contribution < -0.4 is 21.5 Å². The molecule has 1 aromatic carbocycles. The lowest BCUT2D eigenvalue weighted by atomic mass is 10.0. The third-order valence-electron chi connectivity index (χ3n) is 3.27. The van der Waals surface area contributed by atoms with Gasteiger partial charge < -0.3 is 21.2 Å². The Morgan fingerprint density at radius 2 is 2.00 bits per heavy atom. The number of amides is 1. The standard InChI is InChI=1S/C16H16N4O2/c21-14-3-1-12(2-4-14)16(22)19-15-9-13(10-18-20-15)11-5-7-17-8-6-11/h1-7,9-10,17-18,20-21H,8H2,(H,19,22). The normalized spacial score (nSPS) is 16.3. The van der Waals surface area contributed by atoms with Crippen LogP contribution in [0, 0.1) is 0 Å². The van der Waals surface area contributed by atoms with Crippen LogP contribution in [0.5, 0.6) is 5.75 Å². The molecule has 0 fully saturated rings. The highest BCUT2D eigenvalue weighted by atomic mass is 16.3. The Hall–Kier alpha value is -3.15. The van der Waals surface area contributed by atoms with Crippen molar-refractivity contribution in [1.29, 1.82) is 0 Å². The highest BCUT2D eigenvalue weighted by molar-refractivity contribution is 5.95. The van der Waals surface area contributed by atoms with Gasteiger partial charge in [-0.2, -0.15) is 0 Å². The van der Waals surface area contributed by atoms with E-state index in [1.54, 1.807) is 12.1 Å². The molecule has 112 valence electrons. The fourth-order valence-corrected chi connectivity index (χ4v) is 2.13. The van der Waals surface area contributed by atoms with Crippen LogP contribution in [0.15, 0.2) is 71.9 Å². The molecule has 2 aliphatic heterocycles. The largest absolute Gasteiger partial charge is 0.508 e. The van der Waals surface area contributed by atoms with Crippen LogP contribution in [0.4, 0.5) is 0 Å². The van der Waals surface area contributed by atoms with E-state index in [2.05, 4.69) is 27.6 Å². The summed E-state index contributed by atoms with van der Waals surface area (Å²) in [6, 6.07) is 6.09. The summed E-state index contributed by atoms with van der Waals surface area (Å²) in [6.07, 6.45) is 9.61. The van der Waals surface area contributed by atoms with Crippen LogP contribution in [0.1, 0.15) is 10.4 Å². The number of benzene rings is 1. The molecule has 22 heavy (non-hydrogen) atoms. The molecular formula is C16H16N4O2. The molecule has 0 atom stereocenters. The summed E-state index contributed by atoms with van der Waals surface area (Å²) in [7, 11) is 0. The van der Waals surface area contributed by atoms with Gasteiger partial charge >= 0.3 is 0 Å². The minimum Gasteiger partial charge on any atom is -0.508 e. The molecule has 0 bridgehead atoms. The second kappa shape index (κ2) is 6.09. The number of phenolic OH excluding ortho intramolecular Hbond substituents is 1. The lowest BCUT2D eigenvalue weighted by Gasteiger charge is -2.19. The highest BCUT2D eigenvalue weighted by Crippen LogP contribution is 2.17. The zero-order valence-electron chi connectivity index (χ0n) is 11.8. The van der Waals surface area contributed by atoms with Crippen LogP contribution >= 0.6 is 0 Å². The molecular weight excluding hydrogens is 280 g/mol. The first-order valence-electron chi connectivity index (χ1n) is 6.86. The maximum Gasteiger partial charge on any atom is 0.256 e. The van der Waals surface area contributed by atoms with Crippen molar-refractivity contribution in [2.24, 2.45) is 0 Å². The second-order valence-corrected chi connectivity index (χ2v) is 4.83. The number of hydrogen-bond acceptors (Lipinski definition) is 5. The Balaban J connectivity index is 1.72. The Kier molecular flexibility index (Phi) is 3.82. The van der Waals surface area contributed by atoms with Crippen molar-refractivity contribution in [2.45, 2.75) is 0 Å². The predicted octanol–water partition coefficient (Wildman–Crippen LogP) is 0.998. The summed E-state index contributed by atoms with van der Waals surface area (Å²) in [5.74, 6) is 0.433. The van der Waals surface area contributed by atoms with Gasteiger partial charge in [-0.05, 0) is 48.2 Å². The third-order valence-corrected chi connectivity index (χ3v) is 3.27. The van der Waals surface area contributed by atoms with Gasteiger partial charge in [-0.1, -0.05) is 6.08 Å². The monoisotopic (exact) mass is 296 g/mol.